The van der Waals surface area contributed by atoms with Gasteiger partial charge in [0.1, 0.15) is 0 Å². The molecule has 0 unspecified atom stereocenters. The summed E-state index contributed by atoms with van der Waals surface area (Å²) in [6.07, 6.45) is 0. The summed E-state index contributed by atoms with van der Waals surface area (Å²) in [5, 5.41) is 0.877. The Morgan fingerprint density at radius 3 is 1.96 bits per heavy atom. The molecule has 0 amide bonds. The van der Waals surface area contributed by atoms with Gasteiger partial charge in [0.05, 0.1) is 12.2 Å². The number of Topliss-reactive ketones (excluding diaryl/α,β-unsaturated/α-hetero) is 1. The molecule has 0 atom stereocenters. The van der Waals surface area contributed by atoms with Gasteiger partial charge < -0.3 is 4.74 Å². The Morgan fingerprint density at radius 2 is 1.39 bits per heavy atom. The largest absolute Gasteiger partial charge is 0.462 e. The molecule has 3 aromatic carbocycles. The maximum absolute atomic E-state index is 12.7. The van der Waals surface area contributed by atoms with E-state index in [0.29, 0.717) is 37.9 Å². The number of ether oxygens (including phenoxy) is 1. The van der Waals surface area contributed by atoms with Crippen molar-refractivity contribution in [1.29, 1.82) is 0 Å². The minimum Gasteiger partial charge on any atom is -0.462 e. The number of benzene rings is 3. The van der Waals surface area contributed by atoms with Crippen molar-refractivity contribution in [2.45, 2.75) is 13.8 Å². The summed E-state index contributed by atoms with van der Waals surface area (Å²) >= 11 is 12.3. The predicted molar refractivity (Wildman–Crippen MR) is 113 cm³/mol. The van der Waals surface area contributed by atoms with Crippen molar-refractivity contribution in [3.63, 3.8) is 0 Å². The standard InChI is InChI=1S/C23H18Cl2O3/c1-3-28-23(27)22-13-20(15-7-5-4-6-8-15)19(14(2)26)12-21(22)16-9-17(24)11-18(25)10-16/h4-13H,3H2,1-2H3. The lowest BCUT2D eigenvalue weighted by molar-refractivity contribution is 0.0527. The molecule has 3 aromatic rings. The van der Waals surface area contributed by atoms with Crippen LogP contribution in [0.1, 0.15) is 34.6 Å². The van der Waals surface area contributed by atoms with Gasteiger partial charge in [0.2, 0.25) is 0 Å². The highest BCUT2D eigenvalue weighted by atomic mass is 35.5. The average Bonchev–Trinajstić information content (AvgIpc) is 2.67. The van der Waals surface area contributed by atoms with Crippen LogP contribution in [0, 0.1) is 0 Å². The van der Waals surface area contributed by atoms with Gasteiger partial charge in [-0.1, -0.05) is 53.5 Å². The first kappa shape index (κ1) is 20.1. The molecule has 0 bridgehead atoms. The third-order valence-corrected chi connectivity index (χ3v) is 4.73. The summed E-state index contributed by atoms with van der Waals surface area (Å²) in [5.74, 6) is -0.579. The monoisotopic (exact) mass is 412 g/mol. The normalized spacial score (nSPS) is 10.6. The van der Waals surface area contributed by atoms with Gasteiger partial charge in [0, 0.05) is 15.6 Å². The van der Waals surface area contributed by atoms with E-state index in [4.69, 9.17) is 27.9 Å². The Labute approximate surface area is 173 Å². The zero-order valence-corrected chi connectivity index (χ0v) is 17.0. The summed E-state index contributed by atoms with van der Waals surface area (Å²) in [6, 6.07) is 17.9. The van der Waals surface area contributed by atoms with Crippen molar-refractivity contribution in [2.75, 3.05) is 6.61 Å². The molecule has 0 radical (unpaired) electrons. The molecule has 3 nitrogen and oxygen atoms in total. The molecule has 0 aromatic heterocycles. The third-order valence-electron chi connectivity index (χ3n) is 4.29. The van der Waals surface area contributed by atoms with Crippen molar-refractivity contribution in [3.05, 3.63) is 81.8 Å². The molecular formula is C23H18Cl2O3. The van der Waals surface area contributed by atoms with Gasteiger partial charge in [-0.3, -0.25) is 4.79 Å². The van der Waals surface area contributed by atoms with Gasteiger partial charge in [-0.2, -0.15) is 0 Å². The summed E-state index contributed by atoms with van der Waals surface area (Å²) < 4.78 is 5.25. The highest BCUT2D eigenvalue weighted by Gasteiger charge is 2.21. The molecule has 0 aliphatic heterocycles. The molecule has 0 fully saturated rings. The quantitative estimate of drug-likeness (QED) is 0.345. The van der Waals surface area contributed by atoms with Crippen molar-refractivity contribution >= 4 is 35.0 Å². The van der Waals surface area contributed by atoms with Gasteiger partial charge in [-0.05, 0) is 66.4 Å². The highest BCUT2D eigenvalue weighted by molar-refractivity contribution is 6.35. The first-order valence-electron chi connectivity index (χ1n) is 8.78. The highest BCUT2D eigenvalue weighted by Crippen LogP contribution is 2.35. The van der Waals surface area contributed by atoms with Crippen molar-refractivity contribution in [1.82, 2.24) is 0 Å². The Balaban J connectivity index is 2.33. The number of esters is 1. The number of carbonyl (C=O) groups is 2. The predicted octanol–water partition coefficient (Wildman–Crippen LogP) is 6.71. The van der Waals surface area contributed by atoms with Gasteiger partial charge in [0.15, 0.2) is 5.78 Å². The second-order valence-corrected chi connectivity index (χ2v) is 7.12. The fourth-order valence-electron chi connectivity index (χ4n) is 3.07. The van der Waals surface area contributed by atoms with Crippen molar-refractivity contribution < 1.29 is 14.3 Å². The zero-order valence-electron chi connectivity index (χ0n) is 15.5. The second-order valence-electron chi connectivity index (χ2n) is 6.24. The SMILES string of the molecule is CCOC(=O)c1cc(-c2ccccc2)c(C(C)=O)cc1-c1cc(Cl)cc(Cl)c1. The molecule has 142 valence electrons. The van der Waals surface area contributed by atoms with E-state index < -0.39 is 5.97 Å². The smallest absolute Gasteiger partial charge is 0.338 e. The van der Waals surface area contributed by atoms with Gasteiger partial charge in [0.25, 0.3) is 0 Å². The van der Waals surface area contributed by atoms with Gasteiger partial charge in [-0.25, -0.2) is 4.79 Å². The Kier molecular flexibility index (Phi) is 6.18. The van der Waals surface area contributed by atoms with Crippen LogP contribution in [0.15, 0.2) is 60.7 Å². The Hall–Kier alpha value is -2.62. The molecule has 0 aliphatic rings. The lowest BCUT2D eigenvalue weighted by Crippen LogP contribution is -2.09. The first-order valence-corrected chi connectivity index (χ1v) is 9.54. The molecule has 0 saturated carbocycles. The topological polar surface area (TPSA) is 43.4 Å². The van der Waals surface area contributed by atoms with Crippen LogP contribution in [0.2, 0.25) is 10.0 Å². The van der Waals surface area contributed by atoms with Crippen LogP contribution in [0.3, 0.4) is 0 Å². The van der Waals surface area contributed by atoms with E-state index in [9.17, 15) is 9.59 Å². The minimum atomic E-state index is -0.471. The molecule has 0 N–H and O–H groups in total. The fraction of sp³-hybridized carbons (Fsp3) is 0.130. The van der Waals surface area contributed by atoms with Crippen LogP contribution in [0.5, 0.6) is 0 Å². The maximum atomic E-state index is 12.7. The van der Waals surface area contributed by atoms with Crippen LogP contribution in [0.25, 0.3) is 22.3 Å². The summed E-state index contributed by atoms with van der Waals surface area (Å²) in [7, 11) is 0. The maximum Gasteiger partial charge on any atom is 0.338 e. The number of hydrogen-bond acceptors (Lipinski definition) is 3. The molecule has 5 heteroatoms. The lowest BCUT2D eigenvalue weighted by atomic mass is 9.89. The first-order chi connectivity index (χ1) is 13.4. The molecule has 28 heavy (non-hydrogen) atoms. The fourth-order valence-corrected chi connectivity index (χ4v) is 3.60. The number of hydrogen-bond donors (Lipinski definition) is 0. The summed E-state index contributed by atoms with van der Waals surface area (Å²) in [4.78, 5) is 25.1. The Morgan fingerprint density at radius 1 is 0.821 bits per heavy atom. The van der Waals surface area contributed by atoms with Crippen molar-refractivity contribution in [3.8, 4) is 22.3 Å². The molecule has 3 rings (SSSR count). The van der Waals surface area contributed by atoms with E-state index in [1.54, 1.807) is 37.3 Å². The number of ketones is 1. The van der Waals surface area contributed by atoms with Gasteiger partial charge in [-0.15, -0.1) is 0 Å². The third kappa shape index (κ3) is 4.27. The van der Waals surface area contributed by atoms with E-state index in [1.165, 1.54) is 6.92 Å². The van der Waals surface area contributed by atoms with E-state index in [0.717, 1.165) is 5.56 Å². The molecule has 0 saturated heterocycles. The number of rotatable bonds is 5. The molecular weight excluding hydrogens is 395 g/mol. The van der Waals surface area contributed by atoms with Crippen LogP contribution >= 0.6 is 23.2 Å². The lowest BCUT2D eigenvalue weighted by Gasteiger charge is -2.16. The average molecular weight is 413 g/mol. The Bertz CT molecular complexity index is 1020. The van der Waals surface area contributed by atoms with Crippen LogP contribution in [-0.2, 0) is 4.74 Å². The molecule has 0 spiro atoms. The van der Waals surface area contributed by atoms with Crippen LogP contribution in [-0.4, -0.2) is 18.4 Å². The number of halogens is 2. The van der Waals surface area contributed by atoms with E-state index in [-0.39, 0.29) is 12.4 Å². The van der Waals surface area contributed by atoms with Gasteiger partial charge >= 0.3 is 5.97 Å². The van der Waals surface area contributed by atoms with Crippen LogP contribution < -0.4 is 0 Å². The second kappa shape index (κ2) is 8.59. The number of carbonyl (C=O) groups excluding carboxylic acids is 2. The summed E-state index contributed by atoms with van der Waals surface area (Å²) in [6.45, 7) is 3.49. The summed E-state index contributed by atoms with van der Waals surface area (Å²) in [5.41, 5.74) is 3.56. The van der Waals surface area contributed by atoms with E-state index in [2.05, 4.69) is 0 Å². The minimum absolute atomic E-state index is 0.108. The van der Waals surface area contributed by atoms with E-state index in [1.807, 2.05) is 30.3 Å². The van der Waals surface area contributed by atoms with Crippen molar-refractivity contribution in [2.24, 2.45) is 0 Å². The van der Waals surface area contributed by atoms with E-state index >= 15 is 0 Å². The molecule has 0 aliphatic carbocycles. The van der Waals surface area contributed by atoms with Crippen LogP contribution in [0.4, 0.5) is 0 Å². The zero-order chi connectivity index (χ0) is 20.3. The molecule has 0 heterocycles.